The number of carbonyl (C=O) groups is 2. The molecule has 0 radical (unpaired) electrons. The summed E-state index contributed by atoms with van der Waals surface area (Å²) in [4.78, 5) is 26.8. The van der Waals surface area contributed by atoms with Crippen LogP contribution in [0.4, 0.5) is 0 Å². The maximum atomic E-state index is 13.4. The number of esters is 1. The molecule has 4 rings (SSSR count). The first-order valence-corrected chi connectivity index (χ1v) is 11.6. The number of nitrogens with zero attached hydrogens (tertiary/aromatic N) is 1. The highest BCUT2D eigenvalue weighted by atomic mass is 31.2. The number of ether oxygens (including phenoxy) is 1. The number of hydrogen-bond acceptors (Lipinski definition) is 7. The van der Waals surface area contributed by atoms with E-state index in [4.69, 9.17) is 13.8 Å². The lowest BCUT2D eigenvalue weighted by molar-refractivity contribution is -0.149. The second-order valence-electron chi connectivity index (χ2n) is 7.76. The molecule has 3 fully saturated rings. The van der Waals surface area contributed by atoms with E-state index in [9.17, 15) is 14.2 Å². The first-order chi connectivity index (χ1) is 13.8. The predicted molar refractivity (Wildman–Crippen MR) is 108 cm³/mol. The summed E-state index contributed by atoms with van der Waals surface area (Å²) in [5.74, 6) is -0.0430. The number of rotatable bonds is 9. The summed E-state index contributed by atoms with van der Waals surface area (Å²) in [6.07, 6.45) is 1.43. The Kier molecular flexibility index (Phi) is 7.11. The van der Waals surface area contributed by atoms with Crippen molar-refractivity contribution in [3.63, 3.8) is 0 Å². The Labute approximate surface area is 171 Å². The van der Waals surface area contributed by atoms with E-state index in [0.717, 1.165) is 25.9 Å². The molecular weight excluding hydrogens is 395 g/mol. The highest BCUT2D eigenvalue weighted by Gasteiger charge is 2.43. The summed E-state index contributed by atoms with van der Waals surface area (Å²) >= 11 is 0. The van der Waals surface area contributed by atoms with E-state index in [1.807, 2.05) is 0 Å². The van der Waals surface area contributed by atoms with Crippen LogP contribution in [0.1, 0.15) is 33.6 Å². The fourth-order valence-corrected chi connectivity index (χ4v) is 5.13. The number of ketones is 1. The Hall–Kier alpha value is -1.73. The van der Waals surface area contributed by atoms with Crippen LogP contribution in [0, 0.1) is 5.92 Å². The number of fused-ring (bicyclic) bond motifs is 3. The van der Waals surface area contributed by atoms with Crippen LogP contribution in [0.3, 0.4) is 0 Å². The fraction of sp³-hybridized carbons (Fsp3) is 0.600. The third kappa shape index (κ3) is 5.66. The smallest absolute Gasteiger partial charge is 0.459 e. The van der Waals surface area contributed by atoms with Crippen LogP contribution >= 0.6 is 7.75 Å². The van der Waals surface area contributed by atoms with E-state index < -0.39 is 25.8 Å². The van der Waals surface area contributed by atoms with Crippen molar-refractivity contribution in [2.45, 2.75) is 51.8 Å². The molecule has 0 spiro atoms. The number of hydrogen-bond donors (Lipinski definition) is 1. The van der Waals surface area contributed by atoms with Gasteiger partial charge in [0.25, 0.3) is 0 Å². The van der Waals surface area contributed by atoms with Gasteiger partial charge in [-0.15, -0.1) is 0 Å². The van der Waals surface area contributed by atoms with Crippen molar-refractivity contribution in [1.29, 1.82) is 0 Å². The summed E-state index contributed by atoms with van der Waals surface area (Å²) in [7, 11) is -3.94. The molecule has 3 saturated heterocycles. The van der Waals surface area contributed by atoms with Gasteiger partial charge in [0.2, 0.25) is 0 Å². The number of Topliss-reactive ketones (excluding diaryl/α,β-unsaturated/α-hetero) is 1. The highest BCUT2D eigenvalue weighted by Crippen LogP contribution is 2.45. The van der Waals surface area contributed by atoms with Crippen molar-refractivity contribution in [2.24, 2.45) is 5.92 Å². The lowest BCUT2D eigenvalue weighted by atomic mass is 9.82. The molecule has 2 bridgehead atoms. The molecule has 0 aromatic heterocycles. The highest BCUT2D eigenvalue weighted by molar-refractivity contribution is 7.52. The van der Waals surface area contributed by atoms with Crippen LogP contribution in [0.15, 0.2) is 30.3 Å². The maximum absolute atomic E-state index is 13.4. The second-order valence-corrected chi connectivity index (χ2v) is 9.46. The standard InChI is InChI=1S/C20H29N2O6P/c1-14(2)27-20(24)15(3)21-29(25,28-17-7-5-4-6-8-17)26-13-18-19(23)16-9-11-22(18)12-10-16/h4-8,14-16,18H,9-13H2,1-3H3,(H,21,25)/t15-,18-,29?/m0/s1. The minimum atomic E-state index is -3.94. The van der Waals surface area contributed by atoms with Gasteiger partial charge in [-0.1, -0.05) is 18.2 Å². The van der Waals surface area contributed by atoms with Crippen LogP contribution in [0.5, 0.6) is 5.75 Å². The van der Waals surface area contributed by atoms with E-state index >= 15 is 0 Å². The molecule has 3 heterocycles. The second kappa shape index (κ2) is 9.39. The van der Waals surface area contributed by atoms with E-state index in [-0.39, 0.29) is 24.4 Å². The SMILES string of the molecule is CC(C)OC(=O)[C@H](C)NP(=O)(OC[C@H]1C(=O)C2CCN1CC2)Oc1ccccc1. The van der Waals surface area contributed by atoms with E-state index in [1.165, 1.54) is 6.92 Å². The van der Waals surface area contributed by atoms with Crippen LogP contribution in [0.2, 0.25) is 0 Å². The first kappa shape index (κ1) is 22.0. The average molecular weight is 424 g/mol. The molecule has 0 saturated carbocycles. The zero-order chi connectivity index (χ0) is 21.0. The average Bonchev–Trinajstić information content (AvgIpc) is 2.68. The van der Waals surface area contributed by atoms with Crippen LogP contribution in [-0.4, -0.2) is 54.5 Å². The molecule has 0 aliphatic carbocycles. The van der Waals surface area contributed by atoms with Crippen molar-refractivity contribution in [3.8, 4) is 5.75 Å². The van der Waals surface area contributed by atoms with E-state index in [2.05, 4.69) is 9.99 Å². The molecule has 1 unspecified atom stereocenters. The fourth-order valence-electron chi connectivity index (χ4n) is 3.64. The normalized spacial score (nSPS) is 26.8. The van der Waals surface area contributed by atoms with Gasteiger partial charge in [-0.3, -0.25) is 19.0 Å². The molecule has 3 aliphatic heterocycles. The number of para-hydroxylation sites is 1. The largest absolute Gasteiger partial charge is 0.462 e. The quantitative estimate of drug-likeness (QED) is 0.478. The Balaban J connectivity index is 1.71. The first-order valence-electron chi connectivity index (χ1n) is 10.0. The van der Waals surface area contributed by atoms with Gasteiger partial charge >= 0.3 is 13.7 Å². The third-order valence-corrected chi connectivity index (χ3v) is 6.77. The van der Waals surface area contributed by atoms with Gasteiger partial charge in [0.1, 0.15) is 11.8 Å². The summed E-state index contributed by atoms with van der Waals surface area (Å²) in [5, 5.41) is 2.65. The molecule has 1 aromatic rings. The summed E-state index contributed by atoms with van der Waals surface area (Å²) in [5.41, 5.74) is 0. The van der Waals surface area contributed by atoms with Crippen molar-refractivity contribution in [2.75, 3.05) is 19.7 Å². The van der Waals surface area contributed by atoms with Gasteiger partial charge in [-0.2, -0.15) is 5.09 Å². The molecule has 9 heteroatoms. The monoisotopic (exact) mass is 424 g/mol. The molecule has 1 N–H and O–H groups in total. The minimum absolute atomic E-state index is 0.0518. The van der Waals surface area contributed by atoms with E-state index in [1.54, 1.807) is 44.2 Å². The predicted octanol–water partition coefficient (Wildman–Crippen LogP) is 2.78. The van der Waals surface area contributed by atoms with Gasteiger partial charge in [-0.05, 0) is 58.8 Å². The van der Waals surface area contributed by atoms with Crippen molar-refractivity contribution >= 4 is 19.5 Å². The Morgan fingerprint density at radius 1 is 1.21 bits per heavy atom. The lowest BCUT2D eigenvalue weighted by Gasteiger charge is -2.43. The summed E-state index contributed by atoms with van der Waals surface area (Å²) in [6, 6.07) is 7.23. The van der Waals surface area contributed by atoms with Gasteiger partial charge in [0.15, 0.2) is 5.78 Å². The molecule has 160 valence electrons. The van der Waals surface area contributed by atoms with Crippen LogP contribution < -0.4 is 9.61 Å². The molecule has 8 nitrogen and oxygen atoms in total. The van der Waals surface area contributed by atoms with Gasteiger partial charge in [0, 0.05) is 5.92 Å². The zero-order valence-corrected chi connectivity index (χ0v) is 18.0. The number of benzene rings is 1. The van der Waals surface area contributed by atoms with Crippen molar-refractivity contribution in [1.82, 2.24) is 9.99 Å². The third-order valence-electron chi connectivity index (χ3n) is 5.13. The van der Waals surface area contributed by atoms with Crippen LogP contribution in [-0.2, 0) is 23.4 Å². The maximum Gasteiger partial charge on any atom is 0.459 e. The van der Waals surface area contributed by atoms with Gasteiger partial charge in [-0.25, -0.2) is 4.57 Å². The van der Waals surface area contributed by atoms with Crippen LogP contribution in [0.25, 0.3) is 0 Å². The number of nitrogens with one attached hydrogen (secondary N) is 1. The Morgan fingerprint density at radius 2 is 1.86 bits per heavy atom. The molecule has 29 heavy (non-hydrogen) atoms. The van der Waals surface area contributed by atoms with Gasteiger partial charge < -0.3 is 9.26 Å². The van der Waals surface area contributed by atoms with E-state index in [0.29, 0.717) is 5.75 Å². The Morgan fingerprint density at radius 3 is 2.45 bits per heavy atom. The molecule has 1 aromatic carbocycles. The molecular formula is C20H29N2O6P. The lowest BCUT2D eigenvalue weighted by Crippen LogP contribution is -2.57. The molecule has 3 atom stereocenters. The van der Waals surface area contributed by atoms with Gasteiger partial charge in [0.05, 0.1) is 18.8 Å². The molecule has 0 amide bonds. The van der Waals surface area contributed by atoms with Crippen molar-refractivity contribution < 1.29 is 27.9 Å². The number of carbonyl (C=O) groups excluding carboxylic acids is 2. The minimum Gasteiger partial charge on any atom is -0.462 e. The Bertz CT molecular complexity index is 763. The summed E-state index contributed by atoms with van der Waals surface area (Å²) in [6.45, 7) is 6.61. The summed E-state index contributed by atoms with van der Waals surface area (Å²) < 4.78 is 29.9. The van der Waals surface area contributed by atoms with Crippen molar-refractivity contribution in [3.05, 3.63) is 30.3 Å². The topological polar surface area (TPSA) is 94.2 Å². The zero-order valence-electron chi connectivity index (χ0n) is 17.1. The number of piperidine rings is 3. The molecule has 3 aliphatic rings.